The molecular formula is C18H20N4O4. The Kier molecular flexibility index (Phi) is 4.41. The molecule has 3 rings (SSSR count). The van der Waals surface area contributed by atoms with Crippen molar-refractivity contribution in [3.05, 3.63) is 36.4 Å². The maximum Gasteiger partial charge on any atom is 0.272 e. The molecule has 0 spiro atoms. The largest absolute Gasteiger partial charge is 0.495 e. The lowest BCUT2D eigenvalue weighted by Crippen LogP contribution is -2.54. The summed E-state index contributed by atoms with van der Waals surface area (Å²) in [6.45, 7) is 3.05. The molecule has 2 amide bonds. The molecule has 8 heteroatoms. The van der Waals surface area contributed by atoms with E-state index in [1.165, 1.54) is 12.0 Å². The fourth-order valence-electron chi connectivity index (χ4n) is 2.69. The third kappa shape index (κ3) is 3.26. The Morgan fingerprint density at radius 3 is 2.77 bits per heavy atom. The number of aromatic nitrogens is 1. The van der Waals surface area contributed by atoms with Crippen molar-refractivity contribution in [1.29, 1.82) is 0 Å². The van der Waals surface area contributed by atoms with Gasteiger partial charge in [0, 0.05) is 0 Å². The van der Waals surface area contributed by atoms with Crippen LogP contribution in [-0.2, 0) is 9.59 Å². The number of pyridine rings is 1. The molecule has 0 saturated carbocycles. The Morgan fingerprint density at radius 1 is 1.31 bits per heavy atom. The first-order valence-corrected chi connectivity index (χ1v) is 8.02. The zero-order valence-electron chi connectivity index (χ0n) is 14.8. The molecule has 1 aromatic carbocycles. The number of nitrogens with two attached hydrogens (primary N) is 1. The summed E-state index contributed by atoms with van der Waals surface area (Å²) in [5.41, 5.74) is 5.13. The first-order chi connectivity index (χ1) is 12.3. The van der Waals surface area contributed by atoms with Crippen LogP contribution in [0.5, 0.6) is 11.5 Å². The number of nitrogen functional groups attached to an aromatic ring is 1. The number of carbonyl (C=O) groups excluding carboxylic acids is 2. The minimum absolute atomic E-state index is 0.226. The average molecular weight is 356 g/mol. The van der Waals surface area contributed by atoms with Gasteiger partial charge in [-0.2, -0.15) is 0 Å². The van der Waals surface area contributed by atoms with Gasteiger partial charge in [0.25, 0.3) is 5.91 Å². The number of benzene rings is 1. The molecule has 1 aliphatic rings. The van der Waals surface area contributed by atoms with E-state index in [0.717, 1.165) is 0 Å². The van der Waals surface area contributed by atoms with Gasteiger partial charge in [-0.25, -0.2) is 4.98 Å². The number of hydrogen-bond donors (Lipinski definition) is 2. The number of carbonyl (C=O) groups is 2. The molecule has 0 aliphatic carbocycles. The number of nitrogens with zero attached hydrogens (tertiary/aromatic N) is 2. The molecule has 1 aliphatic heterocycles. The van der Waals surface area contributed by atoms with Crippen LogP contribution in [0.1, 0.15) is 13.8 Å². The molecule has 8 nitrogen and oxygen atoms in total. The molecule has 0 saturated heterocycles. The van der Waals surface area contributed by atoms with Crippen molar-refractivity contribution in [2.45, 2.75) is 19.4 Å². The molecule has 136 valence electrons. The van der Waals surface area contributed by atoms with E-state index in [0.29, 0.717) is 17.2 Å². The first kappa shape index (κ1) is 17.5. The number of anilines is 3. The second-order valence-electron chi connectivity index (χ2n) is 6.31. The zero-order valence-corrected chi connectivity index (χ0v) is 14.8. The van der Waals surface area contributed by atoms with Gasteiger partial charge < -0.3 is 20.5 Å². The minimum Gasteiger partial charge on any atom is -0.495 e. The Bertz CT molecular complexity index is 866. The van der Waals surface area contributed by atoms with Crippen molar-refractivity contribution in [2.24, 2.45) is 0 Å². The van der Waals surface area contributed by atoms with Gasteiger partial charge in [0.2, 0.25) is 5.91 Å². The molecular weight excluding hydrogens is 336 g/mol. The molecule has 2 aromatic rings. The minimum atomic E-state index is -1.12. The van der Waals surface area contributed by atoms with E-state index in [1.807, 2.05) is 0 Å². The number of rotatable bonds is 4. The lowest BCUT2D eigenvalue weighted by atomic mass is 10.1. The summed E-state index contributed by atoms with van der Waals surface area (Å²) in [4.78, 5) is 30.7. The van der Waals surface area contributed by atoms with E-state index in [-0.39, 0.29) is 24.1 Å². The van der Waals surface area contributed by atoms with Crippen LogP contribution in [0.15, 0.2) is 36.4 Å². The van der Waals surface area contributed by atoms with Crippen LogP contribution in [0.25, 0.3) is 0 Å². The van der Waals surface area contributed by atoms with Crippen molar-refractivity contribution < 1.29 is 19.1 Å². The van der Waals surface area contributed by atoms with Crippen molar-refractivity contribution in [2.75, 3.05) is 29.6 Å². The van der Waals surface area contributed by atoms with Crippen molar-refractivity contribution in [3.8, 4) is 11.5 Å². The Balaban J connectivity index is 1.87. The van der Waals surface area contributed by atoms with Gasteiger partial charge in [-0.15, -0.1) is 0 Å². The van der Waals surface area contributed by atoms with Crippen LogP contribution >= 0.6 is 0 Å². The van der Waals surface area contributed by atoms with E-state index >= 15 is 0 Å². The molecule has 2 heterocycles. The highest BCUT2D eigenvalue weighted by Crippen LogP contribution is 2.36. The van der Waals surface area contributed by atoms with Crippen molar-refractivity contribution >= 4 is 29.1 Å². The molecule has 0 unspecified atom stereocenters. The predicted molar refractivity (Wildman–Crippen MR) is 97.3 cm³/mol. The SMILES string of the molecule is COc1ccccc1NC(=O)CN1C(=O)C(C)(C)Oc2ccc(N)nc21. The number of hydrogen-bond acceptors (Lipinski definition) is 6. The number of para-hydroxylation sites is 2. The monoisotopic (exact) mass is 356 g/mol. The van der Waals surface area contributed by atoms with Crippen LogP contribution < -0.4 is 25.4 Å². The number of nitrogens with one attached hydrogen (secondary N) is 1. The van der Waals surface area contributed by atoms with Gasteiger partial charge in [0.05, 0.1) is 12.8 Å². The number of methoxy groups -OCH3 is 1. The average Bonchev–Trinajstić information content (AvgIpc) is 2.60. The van der Waals surface area contributed by atoms with Gasteiger partial charge in [-0.3, -0.25) is 14.5 Å². The molecule has 26 heavy (non-hydrogen) atoms. The molecule has 0 atom stereocenters. The van der Waals surface area contributed by atoms with Crippen molar-refractivity contribution in [1.82, 2.24) is 4.98 Å². The summed E-state index contributed by atoms with van der Waals surface area (Å²) >= 11 is 0. The normalized spacial score (nSPS) is 15.0. The van der Waals surface area contributed by atoms with Gasteiger partial charge in [0.15, 0.2) is 17.2 Å². The lowest BCUT2D eigenvalue weighted by molar-refractivity contribution is -0.133. The number of ether oxygens (including phenoxy) is 2. The highest BCUT2D eigenvalue weighted by atomic mass is 16.5. The molecule has 0 fully saturated rings. The number of amides is 2. The quantitative estimate of drug-likeness (QED) is 0.865. The predicted octanol–water partition coefficient (Wildman–Crippen LogP) is 1.82. The maximum absolute atomic E-state index is 12.7. The summed E-state index contributed by atoms with van der Waals surface area (Å²) < 4.78 is 10.9. The summed E-state index contributed by atoms with van der Waals surface area (Å²) in [5, 5.41) is 2.74. The van der Waals surface area contributed by atoms with E-state index in [1.54, 1.807) is 50.2 Å². The number of fused-ring (bicyclic) bond motifs is 1. The Labute approximate surface area is 150 Å². The standard InChI is InChI=1S/C18H20N4O4/c1-18(2)17(24)22(16-13(26-18)8-9-14(19)21-16)10-15(23)20-11-6-4-5-7-12(11)25-3/h4-9H,10H2,1-3H3,(H2,19,21)(H,20,23). The topological polar surface area (TPSA) is 107 Å². The third-order valence-corrected chi connectivity index (χ3v) is 3.92. The molecule has 1 aromatic heterocycles. The van der Waals surface area contributed by atoms with Crippen LogP contribution in [0.3, 0.4) is 0 Å². The first-order valence-electron chi connectivity index (χ1n) is 8.02. The summed E-state index contributed by atoms with van der Waals surface area (Å²) in [7, 11) is 1.52. The van der Waals surface area contributed by atoms with Crippen LogP contribution in [-0.4, -0.2) is 36.1 Å². The summed E-state index contributed by atoms with van der Waals surface area (Å²) in [6, 6.07) is 10.2. The third-order valence-electron chi connectivity index (χ3n) is 3.92. The van der Waals surface area contributed by atoms with Crippen LogP contribution in [0.2, 0.25) is 0 Å². The zero-order chi connectivity index (χ0) is 18.9. The maximum atomic E-state index is 12.7. The van der Waals surface area contributed by atoms with Gasteiger partial charge in [0.1, 0.15) is 18.1 Å². The summed E-state index contributed by atoms with van der Waals surface area (Å²) in [6.07, 6.45) is 0. The summed E-state index contributed by atoms with van der Waals surface area (Å²) in [5.74, 6) is 0.611. The lowest BCUT2D eigenvalue weighted by Gasteiger charge is -2.37. The Morgan fingerprint density at radius 2 is 2.04 bits per heavy atom. The molecule has 0 radical (unpaired) electrons. The highest BCUT2D eigenvalue weighted by Gasteiger charge is 2.42. The van der Waals surface area contributed by atoms with E-state index < -0.39 is 11.5 Å². The fourth-order valence-corrected chi connectivity index (χ4v) is 2.69. The van der Waals surface area contributed by atoms with E-state index in [9.17, 15) is 9.59 Å². The highest BCUT2D eigenvalue weighted by molar-refractivity contribution is 6.07. The second kappa shape index (κ2) is 6.55. The fraction of sp³-hybridized carbons (Fsp3) is 0.278. The molecule has 0 bridgehead atoms. The Hall–Kier alpha value is -3.29. The van der Waals surface area contributed by atoms with E-state index in [2.05, 4.69) is 10.3 Å². The van der Waals surface area contributed by atoms with Crippen LogP contribution in [0.4, 0.5) is 17.3 Å². The van der Waals surface area contributed by atoms with Gasteiger partial charge in [-0.05, 0) is 38.1 Å². The van der Waals surface area contributed by atoms with E-state index in [4.69, 9.17) is 15.2 Å². The second-order valence-corrected chi connectivity index (χ2v) is 6.31. The molecule has 3 N–H and O–H groups in total. The smallest absolute Gasteiger partial charge is 0.272 e. The van der Waals surface area contributed by atoms with Gasteiger partial charge >= 0.3 is 0 Å². The van der Waals surface area contributed by atoms with Crippen LogP contribution in [0, 0.1) is 0 Å². The van der Waals surface area contributed by atoms with Gasteiger partial charge in [-0.1, -0.05) is 12.1 Å². The van der Waals surface area contributed by atoms with Crippen molar-refractivity contribution in [3.63, 3.8) is 0 Å².